The summed E-state index contributed by atoms with van der Waals surface area (Å²) in [5.74, 6) is 0.966. The van der Waals surface area contributed by atoms with Gasteiger partial charge in [-0.25, -0.2) is 4.98 Å². The summed E-state index contributed by atoms with van der Waals surface area (Å²) < 4.78 is 0. The van der Waals surface area contributed by atoms with Crippen LogP contribution in [0.4, 0.5) is 0 Å². The molecule has 1 N–H and O–H groups in total. The van der Waals surface area contributed by atoms with Crippen molar-refractivity contribution in [3.8, 4) is 0 Å². The van der Waals surface area contributed by atoms with Gasteiger partial charge in [-0.05, 0) is 19.4 Å². The Hall–Kier alpha value is -1.22. The van der Waals surface area contributed by atoms with Gasteiger partial charge in [0.05, 0.1) is 5.69 Å². The summed E-state index contributed by atoms with van der Waals surface area (Å²) in [6.07, 6.45) is 0. The lowest BCUT2D eigenvalue weighted by atomic mass is 10.2. The minimum absolute atomic E-state index is 0.966. The molecular formula is C12H14N2S. The Morgan fingerprint density at radius 1 is 1.20 bits per heavy atom. The second-order valence-electron chi connectivity index (χ2n) is 3.53. The topological polar surface area (TPSA) is 28.7 Å². The number of nitrogens with zero attached hydrogens (tertiary/aromatic N) is 1. The van der Waals surface area contributed by atoms with Crippen LogP contribution in [-0.4, -0.2) is 9.97 Å². The molecule has 0 aliphatic carbocycles. The highest BCUT2D eigenvalue weighted by atomic mass is 32.2. The first-order valence-electron chi connectivity index (χ1n) is 4.95. The molecule has 0 unspecified atom stereocenters. The van der Waals surface area contributed by atoms with Crippen molar-refractivity contribution in [2.75, 3.05) is 0 Å². The Labute approximate surface area is 94.1 Å². The van der Waals surface area contributed by atoms with E-state index in [1.54, 1.807) is 11.8 Å². The zero-order chi connectivity index (χ0) is 10.7. The number of benzene rings is 1. The van der Waals surface area contributed by atoms with Crippen LogP contribution in [-0.2, 0) is 5.75 Å². The summed E-state index contributed by atoms with van der Waals surface area (Å²) in [4.78, 5) is 7.70. The van der Waals surface area contributed by atoms with Crippen LogP contribution in [0.3, 0.4) is 0 Å². The summed E-state index contributed by atoms with van der Waals surface area (Å²) in [5.41, 5.74) is 3.57. The van der Waals surface area contributed by atoms with Crippen molar-refractivity contribution < 1.29 is 0 Å². The molecule has 0 bridgehead atoms. The monoisotopic (exact) mass is 218 g/mol. The van der Waals surface area contributed by atoms with Crippen molar-refractivity contribution in [3.63, 3.8) is 0 Å². The average Bonchev–Trinajstić information content (AvgIpc) is 2.57. The molecule has 0 aliphatic rings. The molecular weight excluding hydrogens is 204 g/mol. The number of aromatic nitrogens is 2. The quantitative estimate of drug-likeness (QED) is 0.801. The summed E-state index contributed by atoms with van der Waals surface area (Å²) in [5, 5.41) is 1.01. The normalized spacial score (nSPS) is 10.5. The van der Waals surface area contributed by atoms with Gasteiger partial charge in [-0.2, -0.15) is 0 Å². The molecule has 1 heterocycles. The van der Waals surface area contributed by atoms with Gasteiger partial charge in [0.1, 0.15) is 0 Å². The predicted molar refractivity (Wildman–Crippen MR) is 64.1 cm³/mol. The van der Waals surface area contributed by atoms with Crippen molar-refractivity contribution >= 4 is 11.8 Å². The first kappa shape index (κ1) is 10.3. The smallest absolute Gasteiger partial charge is 0.166 e. The Morgan fingerprint density at radius 3 is 2.53 bits per heavy atom. The first-order valence-corrected chi connectivity index (χ1v) is 5.94. The van der Waals surface area contributed by atoms with Crippen molar-refractivity contribution in [2.24, 2.45) is 0 Å². The number of rotatable bonds is 3. The molecule has 1 aromatic heterocycles. The molecule has 2 rings (SSSR count). The number of nitrogens with one attached hydrogen (secondary N) is 1. The van der Waals surface area contributed by atoms with E-state index >= 15 is 0 Å². The molecule has 0 aliphatic heterocycles. The minimum Gasteiger partial charge on any atom is -0.337 e. The van der Waals surface area contributed by atoms with Crippen LogP contribution in [0.2, 0.25) is 0 Å². The van der Waals surface area contributed by atoms with E-state index in [2.05, 4.69) is 41.2 Å². The van der Waals surface area contributed by atoms with Crippen LogP contribution in [0.5, 0.6) is 0 Å². The summed E-state index contributed by atoms with van der Waals surface area (Å²) in [6, 6.07) is 10.4. The zero-order valence-corrected chi connectivity index (χ0v) is 9.77. The molecule has 0 radical (unpaired) electrons. The Balaban J connectivity index is 1.99. The maximum Gasteiger partial charge on any atom is 0.166 e. The van der Waals surface area contributed by atoms with Gasteiger partial charge < -0.3 is 4.98 Å². The largest absolute Gasteiger partial charge is 0.337 e. The molecule has 0 fully saturated rings. The van der Waals surface area contributed by atoms with E-state index in [-0.39, 0.29) is 0 Å². The number of thioether (sulfide) groups is 1. The van der Waals surface area contributed by atoms with Crippen LogP contribution in [0.1, 0.15) is 17.0 Å². The Morgan fingerprint density at radius 2 is 1.93 bits per heavy atom. The fourth-order valence-electron chi connectivity index (χ4n) is 1.31. The van der Waals surface area contributed by atoms with Crippen molar-refractivity contribution in [2.45, 2.75) is 24.8 Å². The summed E-state index contributed by atoms with van der Waals surface area (Å²) >= 11 is 1.74. The molecule has 0 saturated heterocycles. The molecule has 78 valence electrons. The minimum atomic E-state index is 0.966. The first-order chi connectivity index (χ1) is 7.25. The van der Waals surface area contributed by atoms with E-state index in [0.717, 1.165) is 22.3 Å². The van der Waals surface area contributed by atoms with Crippen molar-refractivity contribution in [1.29, 1.82) is 0 Å². The van der Waals surface area contributed by atoms with Crippen LogP contribution in [0.25, 0.3) is 0 Å². The third-order valence-electron chi connectivity index (χ3n) is 2.32. The van der Waals surface area contributed by atoms with Gasteiger partial charge >= 0.3 is 0 Å². The zero-order valence-electron chi connectivity index (χ0n) is 8.95. The van der Waals surface area contributed by atoms with Crippen molar-refractivity contribution in [1.82, 2.24) is 9.97 Å². The van der Waals surface area contributed by atoms with Crippen molar-refractivity contribution in [3.05, 3.63) is 47.3 Å². The molecule has 0 spiro atoms. The molecule has 0 amide bonds. The predicted octanol–water partition coefficient (Wildman–Crippen LogP) is 3.32. The highest BCUT2D eigenvalue weighted by molar-refractivity contribution is 7.98. The van der Waals surface area contributed by atoms with Gasteiger partial charge in [0.15, 0.2) is 5.16 Å². The highest BCUT2D eigenvalue weighted by Crippen LogP contribution is 2.20. The van der Waals surface area contributed by atoms with Gasteiger partial charge in [0, 0.05) is 11.4 Å². The SMILES string of the molecule is Cc1nc(SCc2ccccc2)[nH]c1C. The van der Waals surface area contributed by atoms with Crippen LogP contribution in [0, 0.1) is 13.8 Å². The average molecular weight is 218 g/mol. The third kappa shape index (κ3) is 2.63. The lowest BCUT2D eigenvalue weighted by Gasteiger charge is -1.97. The maximum absolute atomic E-state index is 4.43. The Bertz CT molecular complexity index is 415. The standard InChI is InChI=1S/C12H14N2S/c1-9-10(2)14-12(13-9)15-8-11-6-4-3-5-7-11/h3-7H,8H2,1-2H3,(H,13,14). The molecule has 0 saturated carbocycles. The van der Waals surface area contributed by atoms with Gasteiger partial charge in [-0.3, -0.25) is 0 Å². The maximum atomic E-state index is 4.43. The molecule has 3 heteroatoms. The van der Waals surface area contributed by atoms with Crippen LogP contribution in [0.15, 0.2) is 35.5 Å². The van der Waals surface area contributed by atoms with Gasteiger partial charge in [0.25, 0.3) is 0 Å². The fraction of sp³-hybridized carbons (Fsp3) is 0.250. The number of aryl methyl sites for hydroxylation is 2. The van der Waals surface area contributed by atoms with Gasteiger partial charge in [-0.15, -0.1) is 0 Å². The molecule has 2 nitrogen and oxygen atoms in total. The van der Waals surface area contributed by atoms with E-state index in [4.69, 9.17) is 0 Å². The molecule has 15 heavy (non-hydrogen) atoms. The van der Waals surface area contributed by atoms with E-state index in [0.29, 0.717) is 0 Å². The van der Waals surface area contributed by atoms with E-state index < -0.39 is 0 Å². The lowest BCUT2D eigenvalue weighted by molar-refractivity contribution is 1.03. The number of hydrogen-bond donors (Lipinski definition) is 1. The second kappa shape index (κ2) is 4.53. The molecule has 2 aromatic rings. The number of imidazole rings is 1. The molecule has 1 aromatic carbocycles. The second-order valence-corrected chi connectivity index (χ2v) is 4.49. The number of hydrogen-bond acceptors (Lipinski definition) is 2. The summed E-state index contributed by atoms with van der Waals surface area (Å²) in [6.45, 7) is 4.08. The third-order valence-corrected chi connectivity index (χ3v) is 3.27. The number of H-pyrrole nitrogens is 1. The van der Waals surface area contributed by atoms with E-state index in [1.807, 2.05) is 13.0 Å². The lowest BCUT2D eigenvalue weighted by Crippen LogP contribution is -1.80. The molecule has 0 atom stereocenters. The van der Waals surface area contributed by atoms with E-state index in [1.165, 1.54) is 5.56 Å². The van der Waals surface area contributed by atoms with Gasteiger partial charge in [-0.1, -0.05) is 42.1 Å². The number of aromatic amines is 1. The summed E-state index contributed by atoms with van der Waals surface area (Å²) in [7, 11) is 0. The van der Waals surface area contributed by atoms with E-state index in [9.17, 15) is 0 Å². The highest BCUT2D eigenvalue weighted by Gasteiger charge is 2.02. The van der Waals surface area contributed by atoms with Gasteiger partial charge in [0.2, 0.25) is 0 Å². The van der Waals surface area contributed by atoms with Crippen LogP contribution >= 0.6 is 11.8 Å². The van der Waals surface area contributed by atoms with Crippen LogP contribution < -0.4 is 0 Å². The fourth-order valence-corrected chi connectivity index (χ4v) is 2.23. The Kier molecular flexibility index (Phi) is 3.11.